The summed E-state index contributed by atoms with van der Waals surface area (Å²) in [7, 11) is 0. The minimum absolute atomic E-state index is 0.0542. The van der Waals surface area contributed by atoms with Gasteiger partial charge in [-0.15, -0.1) is 0 Å². The van der Waals surface area contributed by atoms with Crippen molar-refractivity contribution in [2.45, 2.75) is 23.5 Å². The van der Waals surface area contributed by atoms with Gasteiger partial charge in [-0.3, -0.25) is 4.79 Å². The van der Waals surface area contributed by atoms with Crippen molar-refractivity contribution < 1.29 is 14.1 Å². The molecule has 4 heteroatoms. The Kier molecular flexibility index (Phi) is 3.51. The van der Waals surface area contributed by atoms with Crippen LogP contribution in [0.1, 0.15) is 13.3 Å². The number of hydrogen-bond acceptors (Lipinski definition) is 3. The highest BCUT2D eigenvalue weighted by Gasteiger charge is 2.53. The fraction of sp³-hybridized carbons (Fsp3) is 0.417. The maximum Gasteiger partial charge on any atom is 0.314 e. The average Bonchev–Trinajstić information content (AvgIpc) is 3.09. The molecule has 0 heterocycles. The van der Waals surface area contributed by atoms with Crippen molar-refractivity contribution >= 4 is 17.1 Å². The molecule has 0 spiro atoms. The van der Waals surface area contributed by atoms with Gasteiger partial charge in [0.05, 0.1) is 6.61 Å². The van der Waals surface area contributed by atoms with Crippen molar-refractivity contribution in [1.82, 2.24) is 0 Å². The minimum atomic E-state index is -1.08. The van der Waals surface area contributed by atoms with Gasteiger partial charge in [-0.05, 0) is 30.2 Å². The summed E-state index contributed by atoms with van der Waals surface area (Å²) in [4.78, 5) is 12.2. The van der Waals surface area contributed by atoms with Crippen LogP contribution in [0.2, 0.25) is 0 Å². The van der Waals surface area contributed by atoms with Gasteiger partial charge in [0.2, 0.25) is 0 Å². The quantitative estimate of drug-likeness (QED) is 0.593. The van der Waals surface area contributed by atoms with E-state index >= 15 is 0 Å². The molecule has 86 valence electrons. The van der Waals surface area contributed by atoms with Gasteiger partial charge < -0.3 is 9.29 Å². The first-order chi connectivity index (χ1) is 7.74. The van der Waals surface area contributed by atoms with E-state index in [9.17, 15) is 9.35 Å². The van der Waals surface area contributed by atoms with E-state index in [0.29, 0.717) is 13.0 Å². The van der Waals surface area contributed by atoms with Gasteiger partial charge in [-0.2, -0.15) is 0 Å². The monoisotopic (exact) mass is 238 g/mol. The number of benzene rings is 1. The maximum absolute atomic E-state index is 12.0. The topological polar surface area (TPSA) is 49.4 Å². The number of hydrogen-bond donors (Lipinski definition) is 0. The molecule has 16 heavy (non-hydrogen) atoms. The van der Waals surface area contributed by atoms with E-state index in [1.54, 1.807) is 6.92 Å². The fourth-order valence-electron chi connectivity index (χ4n) is 1.64. The van der Waals surface area contributed by atoms with Crippen LogP contribution in [0.15, 0.2) is 35.2 Å². The van der Waals surface area contributed by atoms with Crippen LogP contribution in [0.3, 0.4) is 0 Å². The Hall–Kier alpha value is -1.00. The molecular weight excluding hydrogens is 224 g/mol. The zero-order valence-electron chi connectivity index (χ0n) is 9.09. The van der Waals surface area contributed by atoms with Gasteiger partial charge in [0.25, 0.3) is 0 Å². The summed E-state index contributed by atoms with van der Waals surface area (Å²) in [5, 5.41) is -0.0542. The molecule has 0 radical (unpaired) electrons. The molecule has 1 aromatic carbocycles. The third-order valence-electron chi connectivity index (χ3n) is 2.57. The Morgan fingerprint density at radius 1 is 1.50 bits per heavy atom. The number of ether oxygens (including phenoxy) is 1. The summed E-state index contributed by atoms with van der Waals surface area (Å²) < 4.78 is 16.9. The number of carbonyl (C=O) groups excluding carboxylic acids is 1. The SMILES string of the molecule is CCOC(=O)[C@@H]1C[C@H]1[S+]([O-])c1ccccc1. The predicted molar refractivity (Wildman–Crippen MR) is 61.4 cm³/mol. The van der Waals surface area contributed by atoms with Crippen molar-refractivity contribution in [1.29, 1.82) is 0 Å². The zero-order valence-corrected chi connectivity index (χ0v) is 9.91. The molecule has 0 aliphatic heterocycles. The second-order valence-electron chi connectivity index (χ2n) is 3.74. The third-order valence-corrected chi connectivity index (χ3v) is 4.38. The van der Waals surface area contributed by atoms with Gasteiger partial charge in [-0.25, -0.2) is 0 Å². The van der Waals surface area contributed by atoms with E-state index in [2.05, 4.69) is 0 Å². The summed E-state index contributed by atoms with van der Waals surface area (Å²) in [5.41, 5.74) is 0. The smallest absolute Gasteiger partial charge is 0.314 e. The zero-order chi connectivity index (χ0) is 11.5. The fourth-order valence-corrected chi connectivity index (χ4v) is 3.20. The highest BCUT2D eigenvalue weighted by atomic mass is 32.2. The number of rotatable bonds is 4. The molecule has 1 aliphatic carbocycles. The molecule has 1 aliphatic rings. The molecule has 1 saturated carbocycles. The average molecular weight is 238 g/mol. The van der Waals surface area contributed by atoms with Crippen LogP contribution in [0.4, 0.5) is 0 Å². The Morgan fingerprint density at radius 2 is 2.19 bits per heavy atom. The molecule has 0 N–H and O–H groups in total. The van der Waals surface area contributed by atoms with Crippen LogP contribution in [0, 0.1) is 5.92 Å². The third kappa shape index (κ3) is 2.39. The first-order valence-electron chi connectivity index (χ1n) is 5.36. The van der Waals surface area contributed by atoms with E-state index in [4.69, 9.17) is 4.74 Å². The molecule has 2 rings (SSSR count). The lowest BCUT2D eigenvalue weighted by Crippen LogP contribution is -2.15. The summed E-state index contributed by atoms with van der Waals surface area (Å²) >= 11 is -1.08. The van der Waals surface area contributed by atoms with E-state index in [1.807, 2.05) is 30.3 Å². The van der Waals surface area contributed by atoms with Crippen molar-refractivity contribution in [3.8, 4) is 0 Å². The molecule has 0 saturated heterocycles. The molecule has 0 aromatic heterocycles. The normalized spacial score (nSPS) is 24.9. The number of esters is 1. The number of carbonyl (C=O) groups is 1. The standard InChI is InChI=1S/C12H14O3S/c1-2-15-12(13)10-8-11(10)16(14)9-6-4-3-5-7-9/h3-7,10-11H,2,8H2,1H3/t10-,11-,16?/m1/s1. The molecule has 0 amide bonds. The van der Waals surface area contributed by atoms with Crippen LogP contribution >= 0.6 is 0 Å². The summed E-state index contributed by atoms with van der Waals surface area (Å²) in [6, 6.07) is 9.26. The predicted octanol–water partition coefficient (Wildman–Crippen LogP) is 1.75. The van der Waals surface area contributed by atoms with Gasteiger partial charge in [0.1, 0.15) is 11.2 Å². The summed E-state index contributed by atoms with van der Waals surface area (Å²) in [6.45, 7) is 2.17. The Labute approximate surface area is 98.0 Å². The summed E-state index contributed by atoms with van der Waals surface area (Å²) in [5.74, 6) is -0.377. The van der Waals surface area contributed by atoms with Crippen molar-refractivity contribution in [3.63, 3.8) is 0 Å². The Bertz CT molecular complexity index is 366. The Balaban J connectivity index is 1.94. The second-order valence-corrected chi connectivity index (χ2v) is 5.41. The molecule has 1 aromatic rings. The van der Waals surface area contributed by atoms with Gasteiger partial charge in [-0.1, -0.05) is 18.2 Å². The van der Waals surface area contributed by atoms with Gasteiger partial charge in [0.15, 0.2) is 4.90 Å². The van der Waals surface area contributed by atoms with Crippen LogP contribution in [-0.4, -0.2) is 22.4 Å². The van der Waals surface area contributed by atoms with Crippen molar-refractivity contribution in [2.75, 3.05) is 6.61 Å². The van der Waals surface area contributed by atoms with Gasteiger partial charge >= 0.3 is 5.97 Å². The lowest BCUT2D eigenvalue weighted by atomic mass is 10.4. The van der Waals surface area contributed by atoms with Crippen LogP contribution in [-0.2, 0) is 20.7 Å². The van der Waals surface area contributed by atoms with Crippen molar-refractivity contribution in [2.24, 2.45) is 5.92 Å². The van der Waals surface area contributed by atoms with E-state index in [-0.39, 0.29) is 17.1 Å². The van der Waals surface area contributed by atoms with Crippen LogP contribution < -0.4 is 0 Å². The largest absolute Gasteiger partial charge is 0.611 e. The second kappa shape index (κ2) is 4.89. The highest BCUT2D eigenvalue weighted by molar-refractivity contribution is 7.92. The van der Waals surface area contributed by atoms with Crippen LogP contribution in [0.25, 0.3) is 0 Å². The van der Waals surface area contributed by atoms with Crippen LogP contribution in [0.5, 0.6) is 0 Å². The molecule has 1 unspecified atom stereocenters. The minimum Gasteiger partial charge on any atom is -0.611 e. The molecular formula is C12H14O3S. The van der Waals surface area contributed by atoms with E-state index in [1.165, 1.54) is 0 Å². The Morgan fingerprint density at radius 3 is 2.81 bits per heavy atom. The lowest BCUT2D eigenvalue weighted by Gasteiger charge is -2.09. The molecule has 3 nitrogen and oxygen atoms in total. The first kappa shape index (κ1) is 11.5. The van der Waals surface area contributed by atoms with Gasteiger partial charge in [0, 0.05) is 6.42 Å². The van der Waals surface area contributed by atoms with E-state index < -0.39 is 11.2 Å². The van der Waals surface area contributed by atoms with E-state index in [0.717, 1.165) is 4.90 Å². The summed E-state index contributed by atoms with van der Waals surface area (Å²) in [6.07, 6.45) is 0.681. The first-order valence-corrected chi connectivity index (χ1v) is 6.57. The lowest BCUT2D eigenvalue weighted by molar-refractivity contribution is -0.144. The highest BCUT2D eigenvalue weighted by Crippen LogP contribution is 2.41. The maximum atomic E-state index is 12.0. The molecule has 3 atom stereocenters. The molecule has 1 fully saturated rings. The molecule has 0 bridgehead atoms. The van der Waals surface area contributed by atoms with Crippen molar-refractivity contribution in [3.05, 3.63) is 30.3 Å².